The molecule has 17 heavy (non-hydrogen) atoms. The number of aliphatic carboxylic acids is 1. The van der Waals surface area contributed by atoms with Crippen LogP contribution < -0.4 is 5.32 Å². The molecule has 0 aromatic carbocycles. The van der Waals surface area contributed by atoms with Crippen molar-refractivity contribution in [3.8, 4) is 0 Å². The van der Waals surface area contributed by atoms with Gasteiger partial charge in [-0.3, -0.25) is 9.59 Å². The van der Waals surface area contributed by atoms with E-state index in [0.29, 0.717) is 5.56 Å². The van der Waals surface area contributed by atoms with Crippen LogP contribution in [0.5, 0.6) is 0 Å². The Kier molecular flexibility index (Phi) is 5.38. The number of halogens is 1. The highest BCUT2D eigenvalue weighted by Gasteiger charge is 2.22. The average Bonchev–Trinajstić information content (AvgIpc) is 2.63. The largest absolute Gasteiger partial charge is 0.481 e. The predicted octanol–water partition coefficient (Wildman–Crippen LogP) is 2.44. The molecule has 1 aromatic rings. The second kappa shape index (κ2) is 6.34. The average molecular weight is 367 g/mol. The molecule has 1 aromatic heterocycles. The van der Waals surface area contributed by atoms with E-state index in [0.717, 1.165) is 2.88 Å². The van der Waals surface area contributed by atoms with Gasteiger partial charge in [0.05, 0.1) is 14.4 Å². The van der Waals surface area contributed by atoms with Crippen LogP contribution in [-0.2, 0) is 4.79 Å². The highest BCUT2D eigenvalue weighted by Crippen LogP contribution is 2.16. The molecular formula is C11H14INO3S. The van der Waals surface area contributed by atoms with Gasteiger partial charge in [0.15, 0.2) is 0 Å². The molecule has 4 nitrogen and oxygen atoms in total. The topological polar surface area (TPSA) is 66.4 Å². The quantitative estimate of drug-likeness (QED) is 0.786. The minimum Gasteiger partial charge on any atom is -0.481 e. The summed E-state index contributed by atoms with van der Waals surface area (Å²) < 4.78 is 1.03. The summed E-state index contributed by atoms with van der Waals surface area (Å²) in [4.78, 5) is 22.7. The Morgan fingerprint density at radius 3 is 2.59 bits per heavy atom. The van der Waals surface area contributed by atoms with E-state index in [1.807, 2.05) is 13.8 Å². The SMILES string of the molecule is CC(C)C(CNC(=O)c1csc(I)c1)C(=O)O. The maximum absolute atomic E-state index is 11.7. The lowest BCUT2D eigenvalue weighted by Crippen LogP contribution is -2.35. The van der Waals surface area contributed by atoms with Crippen LogP contribution in [0.2, 0.25) is 0 Å². The molecule has 0 saturated heterocycles. The highest BCUT2D eigenvalue weighted by atomic mass is 127. The van der Waals surface area contributed by atoms with Crippen molar-refractivity contribution in [3.05, 3.63) is 19.9 Å². The number of rotatable bonds is 5. The van der Waals surface area contributed by atoms with E-state index < -0.39 is 11.9 Å². The van der Waals surface area contributed by atoms with Gasteiger partial charge in [0.1, 0.15) is 0 Å². The molecule has 0 fully saturated rings. The molecule has 0 aliphatic heterocycles. The van der Waals surface area contributed by atoms with Crippen molar-refractivity contribution in [2.24, 2.45) is 11.8 Å². The maximum Gasteiger partial charge on any atom is 0.308 e. The molecule has 0 saturated carbocycles. The van der Waals surface area contributed by atoms with Gasteiger partial charge < -0.3 is 10.4 Å². The number of carboxylic acids is 1. The van der Waals surface area contributed by atoms with E-state index in [-0.39, 0.29) is 18.4 Å². The Bertz CT molecular complexity index is 417. The Morgan fingerprint density at radius 1 is 1.53 bits per heavy atom. The maximum atomic E-state index is 11.7. The van der Waals surface area contributed by atoms with Gasteiger partial charge in [0.25, 0.3) is 5.91 Å². The summed E-state index contributed by atoms with van der Waals surface area (Å²) in [6.07, 6.45) is 0. The first kappa shape index (κ1) is 14.4. The number of carbonyl (C=O) groups excluding carboxylic acids is 1. The minimum absolute atomic E-state index is 0.00425. The Balaban J connectivity index is 2.55. The van der Waals surface area contributed by atoms with E-state index >= 15 is 0 Å². The first-order valence-electron chi connectivity index (χ1n) is 5.17. The van der Waals surface area contributed by atoms with E-state index in [9.17, 15) is 9.59 Å². The summed E-state index contributed by atoms with van der Waals surface area (Å²) in [6.45, 7) is 3.83. The van der Waals surface area contributed by atoms with Crippen LogP contribution in [0, 0.1) is 14.7 Å². The smallest absolute Gasteiger partial charge is 0.308 e. The number of hydrogen-bond donors (Lipinski definition) is 2. The third kappa shape index (κ3) is 4.27. The van der Waals surface area contributed by atoms with Crippen molar-refractivity contribution in [2.75, 3.05) is 6.54 Å². The predicted molar refractivity (Wildman–Crippen MR) is 75.3 cm³/mol. The number of hydrogen-bond acceptors (Lipinski definition) is 3. The Morgan fingerprint density at radius 2 is 2.18 bits per heavy atom. The molecule has 1 heterocycles. The second-order valence-electron chi connectivity index (χ2n) is 4.04. The van der Waals surface area contributed by atoms with Crippen molar-refractivity contribution >= 4 is 45.8 Å². The summed E-state index contributed by atoms with van der Waals surface area (Å²) in [5, 5.41) is 13.4. The Hall–Kier alpha value is -0.630. The lowest BCUT2D eigenvalue weighted by Gasteiger charge is -2.16. The van der Waals surface area contributed by atoms with Gasteiger partial charge in [0.2, 0.25) is 0 Å². The van der Waals surface area contributed by atoms with E-state index in [4.69, 9.17) is 5.11 Å². The molecule has 0 spiro atoms. The summed E-state index contributed by atoms with van der Waals surface area (Å²) in [6, 6.07) is 1.78. The number of thiophene rings is 1. The standard InChI is InChI=1S/C11H14INO3S/c1-6(2)8(11(15)16)4-13-10(14)7-3-9(12)17-5-7/h3,5-6,8H,4H2,1-2H3,(H,13,14)(H,15,16). The molecule has 1 unspecified atom stereocenters. The number of carboxylic acid groups (broad SMARTS) is 1. The molecule has 6 heteroatoms. The summed E-state index contributed by atoms with van der Waals surface area (Å²) in [5.41, 5.74) is 0.590. The summed E-state index contributed by atoms with van der Waals surface area (Å²) in [5.74, 6) is -1.64. The van der Waals surface area contributed by atoms with Gasteiger partial charge in [-0.05, 0) is 34.6 Å². The lowest BCUT2D eigenvalue weighted by molar-refractivity contribution is -0.142. The van der Waals surface area contributed by atoms with Crippen molar-refractivity contribution in [3.63, 3.8) is 0 Å². The lowest BCUT2D eigenvalue weighted by atomic mass is 9.96. The van der Waals surface area contributed by atoms with Crippen LogP contribution >= 0.6 is 33.9 Å². The summed E-state index contributed by atoms with van der Waals surface area (Å²) >= 11 is 3.63. The van der Waals surface area contributed by atoms with Crippen LogP contribution in [0.1, 0.15) is 24.2 Å². The highest BCUT2D eigenvalue weighted by molar-refractivity contribution is 14.1. The van der Waals surface area contributed by atoms with Gasteiger partial charge in [-0.25, -0.2) is 0 Å². The third-order valence-corrected chi connectivity index (χ3v) is 4.22. The number of carbonyl (C=O) groups is 2. The van der Waals surface area contributed by atoms with Crippen LogP contribution in [0.3, 0.4) is 0 Å². The van der Waals surface area contributed by atoms with Gasteiger partial charge >= 0.3 is 5.97 Å². The fraction of sp³-hybridized carbons (Fsp3) is 0.455. The fourth-order valence-electron chi connectivity index (χ4n) is 1.34. The first-order chi connectivity index (χ1) is 7.91. The molecule has 1 amide bonds. The number of nitrogens with one attached hydrogen (secondary N) is 1. The summed E-state index contributed by atoms with van der Waals surface area (Å²) in [7, 11) is 0. The van der Waals surface area contributed by atoms with E-state index in [1.54, 1.807) is 11.4 Å². The normalized spacial score (nSPS) is 12.5. The molecule has 0 bridgehead atoms. The first-order valence-corrected chi connectivity index (χ1v) is 7.12. The Labute approximate surface area is 118 Å². The van der Waals surface area contributed by atoms with Crippen molar-refractivity contribution < 1.29 is 14.7 Å². The molecule has 1 rings (SSSR count). The zero-order chi connectivity index (χ0) is 13.0. The number of amides is 1. The monoisotopic (exact) mass is 367 g/mol. The van der Waals surface area contributed by atoms with Gasteiger partial charge in [-0.15, -0.1) is 11.3 Å². The second-order valence-corrected chi connectivity index (χ2v) is 6.84. The van der Waals surface area contributed by atoms with Crippen molar-refractivity contribution in [1.82, 2.24) is 5.32 Å². The van der Waals surface area contributed by atoms with E-state index in [2.05, 4.69) is 27.9 Å². The molecule has 2 N–H and O–H groups in total. The molecular weight excluding hydrogens is 353 g/mol. The fourth-order valence-corrected chi connectivity index (χ4v) is 2.67. The van der Waals surface area contributed by atoms with Gasteiger partial charge in [0, 0.05) is 11.9 Å². The zero-order valence-corrected chi connectivity index (χ0v) is 12.5. The van der Waals surface area contributed by atoms with Crippen molar-refractivity contribution in [1.29, 1.82) is 0 Å². The van der Waals surface area contributed by atoms with Gasteiger partial charge in [-0.1, -0.05) is 13.8 Å². The molecule has 1 atom stereocenters. The van der Waals surface area contributed by atoms with E-state index in [1.165, 1.54) is 11.3 Å². The van der Waals surface area contributed by atoms with Crippen LogP contribution in [0.25, 0.3) is 0 Å². The molecule has 94 valence electrons. The van der Waals surface area contributed by atoms with Gasteiger partial charge in [-0.2, -0.15) is 0 Å². The van der Waals surface area contributed by atoms with Crippen LogP contribution in [0.15, 0.2) is 11.4 Å². The third-order valence-electron chi connectivity index (χ3n) is 2.43. The minimum atomic E-state index is -0.875. The molecule has 0 aliphatic carbocycles. The van der Waals surface area contributed by atoms with Crippen LogP contribution in [-0.4, -0.2) is 23.5 Å². The molecule has 0 radical (unpaired) electrons. The zero-order valence-electron chi connectivity index (χ0n) is 9.57. The van der Waals surface area contributed by atoms with Crippen LogP contribution in [0.4, 0.5) is 0 Å². The van der Waals surface area contributed by atoms with Crippen molar-refractivity contribution in [2.45, 2.75) is 13.8 Å². The molecule has 0 aliphatic rings.